The molecular formula is C12H18O3. The van der Waals surface area contributed by atoms with Crippen LogP contribution >= 0.6 is 0 Å². The lowest BCUT2D eigenvalue weighted by Crippen LogP contribution is -2.32. The highest BCUT2D eigenvalue weighted by Gasteiger charge is 2.22. The van der Waals surface area contributed by atoms with Crippen LogP contribution in [-0.2, 0) is 11.2 Å². The predicted octanol–water partition coefficient (Wildman–Crippen LogP) is 1.64. The van der Waals surface area contributed by atoms with Gasteiger partial charge in [0.2, 0.25) is 0 Å². The van der Waals surface area contributed by atoms with E-state index in [0.717, 1.165) is 11.3 Å². The fourth-order valence-corrected chi connectivity index (χ4v) is 1.62. The summed E-state index contributed by atoms with van der Waals surface area (Å²) in [7, 11) is 3.21. The molecule has 1 N–H and O–H groups in total. The van der Waals surface area contributed by atoms with Crippen LogP contribution in [0.2, 0.25) is 0 Å². The maximum absolute atomic E-state index is 10.0. The third-order valence-electron chi connectivity index (χ3n) is 2.22. The zero-order valence-electron chi connectivity index (χ0n) is 9.49. The van der Waals surface area contributed by atoms with Gasteiger partial charge in [-0.3, -0.25) is 0 Å². The van der Waals surface area contributed by atoms with E-state index in [-0.39, 0.29) is 0 Å². The predicted molar refractivity (Wildman–Crippen MR) is 59.2 cm³/mol. The highest BCUT2D eigenvalue weighted by Crippen LogP contribution is 2.22. The minimum Gasteiger partial charge on any atom is -0.496 e. The summed E-state index contributed by atoms with van der Waals surface area (Å²) in [5, 5.41) is 10.0. The Labute approximate surface area is 90.6 Å². The first-order valence-corrected chi connectivity index (χ1v) is 4.92. The Morgan fingerprint density at radius 2 is 1.93 bits per heavy atom. The van der Waals surface area contributed by atoms with Crippen LogP contribution < -0.4 is 4.74 Å². The molecular weight excluding hydrogens is 192 g/mol. The van der Waals surface area contributed by atoms with Crippen molar-refractivity contribution in [3.63, 3.8) is 0 Å². The summed E-state index contributed by atoms with van der Waals surface area (Å²) in [5.41, 5.74) is 0.130. The van der Waals surface area contributed by atoms with E-state index in [4.69, 9.17) is 9.47 Å². The second kappa shape index (κ2) is 5.14. The fourth-order valence-electron chi connectivity index (χ4n) is 1.62. The number of benzene rings is 1. The molecule has 0 aromatic heterocycles. The van der Waals surface area contributed by atoms with E-state index in [2.05, 4.69) is 0 Å². The standard InChI is InChI=1S/C12H18O3/c1-12(13,9-14-2)8-10-6-4-5-7-11(10)15-3/h4-7,13H,8-9H2,1-3H3. The van der Waals surface area contributed by atoms with Crippen LogP contribution in [0.5, 0.6) is 5.75 Å². The lowest BCUT2D eigenvalue weighted by Gasteiger charge is -2.23. The number of para-hydroxylation sites is 1. The highest BCUT2D eigenvalue weighted by molar-refractivity contribution is 5.34. The van der Waals surface area contributed by atoms with Crippen LogP contribution in [-0.4, -0.2) is 31.5 Å². The second-order valence-electron chi connectivity index (χ2n) is 3.92. The molecule has 1 unspecified atom stereocenters. The molecule has 1 aromatic rings. The molecule has 15 heavy (non-hydrogen) atoms. The maximum Gasteiger partial charge on any atom is 0.122 e. The fraction of sp³-hybridized carbons (Fsp3) is 0.500. The zero-order chi connectivity index (χ0) is 11.3. The molecule has 0 aliphatic rings. The molecule has 84 valence electrons. The Morgan fingerprint density at radius 1 is 1.27 bits per heavy atom. The van der Waals surface area contributed by atoms with Gasteiger partial charge in [0, 0.05) is 13.5 Å². The topological polar surface area (TPSA) is 38.7 Å². The van der Waals surface area contributed by atoms with Crippen molar-refractivity contribution in [2.75, 3.05) is 20.8 Å². The van der Waals surface area contributed by atoms with E-state index < -0.39 is 5.60 Å². The van der Waals surface area contributed by atoms with Gasteiger partial charge in [0.05, 0.1) is 19.3 Å². The molecule has 3 heteroatoms. The lowest BCUT2D eigenvalue weighted by molar-refractivity contribution is -0.0164. The number of methoxy groups -OCH3 is 2. The average Bonchev–Trinajstić information content (AvgIpc) is 2.17. The number of aliphatic hydroxyl groups is 1. The monoisotopic (exact) mass is 210 g/mol. The van der Waals surface area contributed by atoms with Crippen LogP contribution in [0, 0.1) is 0 Å². The largest absolute Gasteiger partial charge is 0.496 e. The van der Waals surface area contributed by atoms with E-state index in [9.17, 15) is 5.11 Å². The van der Waals surface area contributed by atoms with Gasteiger partial charge in [-0.15, -0.1) is 0 Å². The van der Waals surface area contributed by atoms with Crippen molar-refractivity contribution in [2.24, 2.45) is 0 Å². The summed E-state index contributed by atoms with van der Waals surface area (Å²) >= 11 is 0. The van der Waals surface area contributed by atoms with Crippen molar-refractivity contribution >= 4 is 0 Å². The van der Waals surface area contributed by atoms with Crippen molar-refractivity contribution in [3.8, 4) is 5.75 Å². The zero-order valence-corrected chi connectivity index (χ0v) is 9.49. The Balaban J connectivity index is 2.79. The molecule has 0 amide bonds. The van der Waals surface area contributed by atoms with E-state index in [1.165, 1.54) is 0 Å². The number of rotatable bonds is 5. The van der Waals surface area contributed by atoms with Gasteiger partial charge in [0.25, 0.3) is 0 Å². The molecule has 0 spiro atoms. The van der Waals surface area contributed by atoms with Crippen molar-refractivity contribution < 1.29 is 14.6 Å². The van der Waals surface area contributed by atoms with Crippen LogP contribution in [0.15, 0.2) is 24.3 Å². The quantitative estimate of drug-likeness (QED) is 0.803. The minimum atomic E-state index is -0.858. The summed E-state index contributed by atoms with van der Waals surface area (Å²) in [6.45, 7) is 2.06. The van der Waals surface area contributed by atoms with Crippen molar-refractivity contribution in [3.05, 3.63) is 29.8 Å². The summed E-state index contributed by atoms with van der Waals surface area (Å²) < 4.78 is 10.2. The molecule has 1 rings (SSSR count). The highest BCUT2D eigenvalue weighted by atomic mass is 16.5. The number of hydrogen-bond donors (Lipinski definition) is 1. The molecule has 0 fully saturated rings. The van der Waals surface area contributed by atoms with Crippen molar-refractivity contribution in [1.82, 2.24) is 0 Å². The third-order valence-corrected chi connectivity index (χ3v) is 2.22. The summed E-state index contributed by atoms with van der Waals surface area (Å²) in [6.07, 6.45) is 0.519. The number of ether oxygens (including phenoxy) is 2. The summed E-state index contributed by atoms with van der Waals surface area (Å²) in [5.74, 6) is 0.800. The average molecular weight is 210 g/mol. The number of hydrogen-bond acceptors (Lipinski definition) is 3. The maximum atomic E-state index is 10.0. The van der Waals surface area contributed by atoms with Crippen molar-refractivity contribution in [1.29, 1.82) is 0 Å². The van der Waals surface area contributed by atoms with E-state index in [1.807, 2.05) is 24.3 Å². The molecule has 0 radical (unpaired) electrons. The van der Waals surface area contributed by atoms with Gasteiger partial charge in [-0.05, 0) is 18.6 Å². The van der Waals surface area contributed by atoms with Gasteiger partial charge < -0.3 is 14.6 Å². The van der Waals surface area contributed by atoms with Gasteiger partial charge in [0.1, 0.15) is 5.75 Å². The Kier molecular flexibility index (Phi) is 4.12. The smallest absolute Gasteiger partial charge is 0.122 e. The SMILES string of the molecule is COCC(C)(O)Cc1ccccc1OC. The lowest BCUT2D eigenvalue weighted by atomic mass is 9.97. The molecule has 0 heterocycles. The first kappa shape index (κ1) is 12.0. The van der Waals surface area contributed by atoms with Gasteiger partial charge in [0.15, 0.2) is 0 Å². The van der Waals surface area contributed by atoms with Crippen LogP contribution in [0.25, 0.3) is 0 Å². The summed E-state index contributed by atoms with van der Waals surface area (Å²) in [4.78, 5) is 0. The Hall–Kier alpha value is -1.06. The normalized spacial score (nSPS) is 14.7. The van der Waals surface area contributed by atoms with Crippen molar-refractivity contribution in [2.45, 2.75) is 18.9 Å². The van der Waals surface area contributed by atoms with Gasteiger partial charge >= 0.3 is 0 Å². The molecule has 3 nitrogen and oxygen atoms in total. The van der Waals surface area contributed by atoms with Crippen LogP contribution in [0.3, 0.4) is 0 Å². The van der Waals surface area contributed by atoms with Gasteiger partial charge in [-0.2, -0.15) is 0 Å². The second-order valence-corrected chi connectivity index (χ2v) is 3.92. The summed E-state index contributed by atoms with van der Waals surface area (Å²) in [6, 6.07) is 7.68. The minimum absolute atomic E-state index is 0.311. The Bertz CT molecular complexity index is 307. The molecule has 0 bridgehead atoms. The first-order chi connectivity index (χ1) is 7.09. The van der Waals surface area contributed by atoms with Crippen LogP contribution in [0.1, 0.15) is 12.5 Å². The molecule has 1 aromatic carbocycles. The first-order valence-electron chi connectivity index (χ1n) is 4.92. The van der Waals surface area contributed by atoms with E-state index >= 15 is 0 Å². The van der Waals surface area contributed by atoms with E-state index in [0.29, 0.717) is 13.0 Å². The Morgan fingerprint density at radius 3 is 2.53 bits per heavy atom. The van der Waals surface area contributed by atoms with Gasteiger partial charge in [-0.25, -0.2) is 0 Å². The molecule has 0 saturated heterocycles. The van der Waals surface area contributed by atoms with Gasteiger partial charge in [-0.1, -0.05) is 18.2 Å². The third kappa shape index (κ3) is 3.53. The van der Waals surface area contributed by atoms with Crippen LogP contribution in [0.4, 0.5) is 0 Å². The molecule has 0 aliphatic carbocycles. The molecule has 0 aliphatic heterocycles. The molecule has 1 atom stereocenters. The van der Waals surface area contributed by atoms with E-state index in [1.54, 1.807) is 21.1 Å². The molecule has 0 saturated carbocycles.